The maximum absolute atomic E-state index is 11.9. The Labute approximate surface area is 129 Å². The number of methoxy groups -OCH3 is 1. The number of rotatable bonds is 7. The minimum Gasteiger partial charge on any atom is -0.376 e. The third-order valence-corrected chi connectivity index (χ3v) is 5.68. The van der Waals surface area contributed by atoms with Crippen LogP contribution in [-0.2, 0) is 15.3 Å². The lowest BCUT2D eigenvalue weighted by Gasteiger charge is -2.26. The first kappa shape index (κ1) is 15.7. The molecule has 5 heteroatoms. The van der Waals surface area contributed by atoms with Crippen molar-refractivity contribution >= 4 is 29.4 Å². The lowest BCUT2D eigenvalue weighted by molar-refractivity contribution is -0.119. The van der Waals surface area contributed by atoms with Crippen LogP contribution < -0.4 is 5.32 Å². The summed E-state index contributed by atoms with van der Waals surface area (Å²) in [5.74, 6) is 3.56. The van der Waals surface area contributed by atoms with Gasteiger partial charge in [-0.05, 0) is 17.7 Å². The van der Waals surface area contributed by atoms with Crippen molar-refractivity contribution in [1.29, 1.82) is 0 Å². The molecule has 0 spiro atoms. The number of carbonyl (C=O) groups excluding carboxylic acids is 1. The standard InChI is InChI=1S/C15H21NO2S2/c1-18-15(7-8-19-12-15)11-16-14(17)10-20-9-13-5-3-2-4-6-13/h2-6H,7-12H2,1H3,(H,16,17)/t15-/m1/s1. The van der Waals surface area contributed by atoms with E-state index >= 15 is 0 Å². The van der Waals surface area contributed by atoms with Gasteiger partial charge in [-0.15, -0.1) is 11.8 Å². The Balaban J connectivity index is 1.65. The van der Waals surface area contributed by atoms with Crippen molar-refractivity contribution in [3.8, 4) is 0 Å². The molecule has 1 aromatic rings. The summed E-state index contributed by atoms with van der Waals surface area (Å²) >= 11 is 3.54. The summed E-state index contributed by atoms with van der Waals surface area (Å²) in [6, 6.07) is 10.2. The SMILES string of the molecule is CO[C@@]1(CNC(=O)CSCc2ccccc2)CCSC1. The van der Waals surface area contributed by atoms with E-state index in [1.165, 1.54) is 5.56 Å². The normalized spacial score (nSPS) is 21.9. The van der Waals surface area contributed by atoms with E-state index in [2.05, 4.69) is 17.4 Å². The van der Waals surface area contributed by atoms with Gasteiger partial charge in [-0.25, -0.2) is 0 Å². The molecule has 1 atom stereocenters. The van der Waals surface area contributed by atoms with Crippen LogP contribution in [-0.4, -0.2) is 42.4 Å². The van der Waals surface area contributed by atoms with Crippen molar-refractivity contribution in [3.63, 3.8) is 0 Å². The zero-order valence-electron chi connectivity index (χ0n) is 11.8. The topological polar surface area (TPSA) is 38.3 Å². The maximum atomic E-state index is 11.9. The van der Waals surface area contributed by atoms with E-state index in [0.29, 0.717) is 12.3 Å². The summed E-state index contributed by atoms with van der Waals surface area (Å²) in [4.78, 5) is 11.9. The van der Waals surface area contributed by atoms with Gasteiger partial charge in [0.05, 0.1) is 11.4 Å². The van der Waals surface area contributed by atoms with Crippen LogP contribution in [0.3, 0.4) is 0 Å². The van der Waals surface area contributed by atoms with Gasteiger partial charge in [0.15, 0.2) is 0 Å². The maximum Gasteiger partial charge on any atom is 0.230 e. The Morgan fingerprint density at radius 3 is 2.90 bits per heavy atom. The molecule has 0 aromatic heterocycles. The minimum absolute atomic E-state index is 0.0965. The van der Waals surface area contributed by atoms with Crippen molar-refractivity contribution < 1.29 is 9.53 Å². The second kappa shape index (κ2) is 7.96. The van der Waals surface area contributed by atoms with Crippen molar-refractivity contribution in [2.45, 2.75) is 17.8 Å². The predicted octanol–water partition coefficient (Wildman–Crippen LogP) is 2.56. The number of hydrogen-bond donors (Lipinski definition) is 1. The van der Waals surface area contributed by atoms with Crippen LogP contribution >= 0.6 is 23.5 Å². The van der Waals surface area contributed by atoms with E-state index in [1.807, 2.05) is 30.0 Å². The molecule has 3 nitrogen and oxygen atoms in total. The zero-order chi connectivity index (χ0) is 14.3. The molecule has 1 aliphatic heterocycles. The highest BCUT2D eigenvalue weighted by atomic mass is 32.2. The molecule has 1 amide bonds. The first-order valence-electron chi connectivity index (χ1n) is 6.75. The van der Waals surface area contributed by atoms with E-state index in [4.69, 9.17) is 4.74 Å². The molecular weight excluding hydrogens is 290 g/mol. The number of carbonyl (C=O) groups is 1. The summed E-state index contributed by atoms with van der Waals surface area (Å²) in [6.07, 6.45) is 1.02. The lowest BCUT2D eigenvalue weighted by Crippen LogP contribution is -2.45. The van der Waals surface area contributed by atoms with Crippen LogP contribution in [0.2, 0.25) is 0 Å². The number of thioether (sulfide) groups is 2. The summed E-state index contributed by atoms with van der Waals surface area (Å²) < 4.78 is 5.58. The van der Waals surface area contributed by atoms with Crippen LogP contribution in [0.15, 0.2) is 30.3 Å². The quantitative estimate of drug-likeness (QED) is 0.840. The van der Waals surface area contributed by atoms with Crippen molar-refractivity contribution in [3.05, 3.63) is 35.9 Å². The average Bonchev–Trinajstić information content (AvgIpc) is 2.96. The Bertz CT molecular complexity index is 419. The van der Waals surface area contributed by atoms with Gasteiger partial charge in [0, 0.05) is 25.2 Å². The molecule has 2 rings (SSSR count). The van der Waals surface area contributed by atoms with Crippen molar-refractivity contribution in [2.24, 2.45) is 0 Å². The van der Waals surface area contributed by atoms with E-state index in [-0.39, 0.29) is 11.5 Å². The largest absolute Gasteiger partial charge is 0.376 e. The van der Waals surface area contributed by atoms with Crippen molar-refractivity contribution in [1.82, 2.24) is 5.32 Å². The van der Waals surface area contributed by atoms with Gasteiger partial charge in [0.2, 0.25) is 5.91 Å². The third-order valence-electron chi connectivity index (χ3n) is 3.45. The molecule has 0 saturated carbocycles. The molecule has 0 unspecified atom stereocenters. The first-order chi connectivity index (χ1) is 9.74. The predicted molar refractivity (Wildman–Crippen MR) is 87.3 cm³/mol. The molecule has 1 aliphatic rings. The number of nitrogens with one attached hydrogen (secondary N) is 1. The van der Waals surface area contributed by atoms with E-state index in [1.54, 1.807) is 18.9 Å². The smallest absolute Gasteiger partial charge is 0.230 e. The fraction of sp³-hybridized carbons (Fsp3) is 0.533. The van der Waals surface area contributed by atoms with Crippen LogP contribution in [0, 0.1) is 0 Å². The molecule has 1 saturated heterocycles. The van der Waals surface area contributed by atoms with Crippen LogP contribution in [0.4, 0.5) is 0 Å². The Morgan fingerprint density at radius 2 is 2.25 bits per heavy atom. The number of hydrogen-bond acceptors (Lipinski definition) is 4. The molecule has 20 heavy (non-hydrogen) atoms. The highest BCUT2D eigenvalue weighted by Gasteiger charge is 2.34. The van der Waals surface area contributed by atoms with Gasteiger partial charge in [-0.3, -0.25) is 4.79 Å². The fourth-order valence-corrected chi connectivity index (χ4v) is 4.32. The van der Waals surface area contributed by atoms with Gasteiger partial charge in [0.25, 0.3) is 0 Å². The van der Waals surface area contributed by atoms with Gasteiger partial charge in [-0.1, -0.05) is 30.3 Å². The number of amides is 1. The molecular formula is C15H21NO2S2. The highest BCUT2D eigenvalue weighted by molar-refractivity contribution is 7.99. The van der Waals surface area contributed by atoms with Gasteiger partial charge >= 0.3 is 0 Å². The number of ether oxygens (including phenoxy) is 1. The van der Waals surface area contributed by atoms with Crippen LogP contribution in [0.5, 0.6) is 0 Å². The zero-order valence-corrected chi connectivity index (χ0v) is 13.4. The fourth-order valence-electron chi connectivity index (χ4n) is 2.11. The molecule has 1 heterocycles. The van der Waals surface area contributed by atoms with Gasteiger partial charge in [0.1, 0.15) is 0 Å². The Kier molecular flexibility index (Phi) is 6.26. The van der Waals surface area contributed by atoms with Gasteiger partial charge < -0.3 is 10.1 Å². The molecule has 110 valence electrons. The molecule has 1 N–H and O–H groups in total. The molecule has 0 radical (unpaired) electrons. The van der Waals surface area contributed by atoms with E-state index in [0.717, 1.165) is 23.7 Å². The third kappa shape index (κ3) is 4.72. The summed E-state index contributed by atoms with van der Waals surface area (Å²) in [5.41, 5.74) is 1.11. The molecule has 0 aliphatic carbocycles. The van der Waals surface area contributed by atoms with Crippen LogP contribution in [0.1, 0.15) is 12.0 Å². The van der Waals surface area contributed by atoms with Crippen LogP contribution in [0.25, 0.3) is 0 Å². The Hall–Kier alpha value is -0.650. The minimum atomic E-state index is -0.148. The van der Waals surface area contributed by atoms with Gasteiger partial charge in [-0.2, -0.15) is 11.8 Å². The second-order valence-electron chi connectivity index (χ2n) is 4.94. The summed E-state index contributed by atoms with van der Waals surface area (Å²) in [5, 5.41) is 3.00. The second-order valence-corrected chi connectivity index (χ2v) is 7.04. The highest BCUT2D eigenvalue weighted by Crippen LogP contribution is 2.30. The molecule has 0 bridgehead atoms. The van der Waals surface area contributed by atoms with E-state index < -0.39 is 0 Å². The lowest BCUT2D eigenvalue weighted by atomic mass is 10.0. The summed E-state index contributed by atoms with van der Waals surface area (Å²) in [7, 11) is 1.74. The number of benzene rings is 1. The average molecular weight is 311 g/mol. The van der Waals surface area contributed by atoms with Crippen molar-refractivity contribution in [2.75, 3.05) is 30.9 Å². The first-order valence-corrected chi connectivity index (χ1v) is 9.06. The summed E-state index contributed by atoms with van der Waals surface area (Å²) in [6.45, 7) is 0.626. The monoisotopic (exact) mass is 311 g/mol. The Morgan fingerprint density at radius 1 is 1.45 bits per heavy atom. The van der Waals surface area contributed by atoms with E-state index in [9.17, 15) is 4.79 Å². The molecule has 1 aromatic carbocycles. The molecule has 1 fully saturated rings.